The van der Waals surface area contributed by atoms with Gasteiger partial charge in [0.15, 0.2) is 0 Å². The van der Waals surface area contributed by atoms with Crippen molar-refractivity contribution in [3.8, 4) is 5.69 Å². The van der Waals surface area contributed by atoms with Crippen molar-refractivity contribution in [2.45, 2.75) is 31.6 Å². The molecule has 0 unspecified atom stereocenters. The number of carbonyl (C=O) groups is 1. The molecule has 1 saturated heterocycles. The van der Waals surface area contributed by atoms with Crippen molar-refractivity contribution < 1.29 is 36.6 Å². The van der Waals surface area contributed by atoms with Crippen LogP contribution >= 0.6 is 0 Å². The van der Waals surface area contributed by atoms with E-state index < -0.39 is 60.4 Å². The molecule has 0 saturated carbocycles. The van der Waals surface area contributed by atoms with Gasteiger partial charge in [0.2, 0.25) is 5.95 Å². The van der Waals surface area contributed by atoms with Crippen LogP contribution in [0.2, 0.25) is 0 Å². The third-order valence-corrected chi connectivity index (χ3v) is 8.56. The fourth-order valence-corrected chi connectivity index (χ4v) is 6.16. The van der Waals surface area contributed by atoms with Gasteiger partial charge in [0, 0.05) is 36.9 Å². The predicted molar refractivity (Wildman–Crippen MR) is 169 cm³/mol. The van der Waals surface area contributed by atoms with Gasteiger partial charge in [0.25, 0.3) is 11.5 Å². The first-order valence-electron chi connectivity index (χ1n) is 15.1. The highest BCUT2D eigenvalue weighted by Crippen LogP contribution is 2.33. The Balaban J connectivity index is 1.30. The summed E-state index contributed by atoms with van der Waals surface area (Å²) in [4.78, 5) is 49.0. The van der Waals surface area contributed by atoms with E-state index in [4.69, 9.17) is 4.74 Å². The Morgan fingerprint density at radius 2 is 1.90 bits per heavy atom. The van der Waals surface area contributed by atoms with Crippen LogP contribution in [0.5, 0.6) is 0 Å². The number of morpholine rings is 1. The number of aryl methyl sites for hydroxylation is 2. The molecule has 2 N–H and O–H groups in total. The van der Waals surface area contributed by atoms with Crippen LogP contribution in [-0.4, -0.2) is 74.7 Å². The maximum atomic E-state index is 15.4. The molecule has 1 amide bonds. The van der Waals surface area contributed by atoms with Crippen molar-refractivity contribution in [1.29, 1.82) is 0 Å². The van der Waals surface area contributed by atoms with E-state index >= 15 is 4.39 Å². The Kier molecular flexibility index (Phi) is 8.94. The Morgan fingerprint density at radius 1 is 1.12 bits per heavy atom. The highest BCUT2D eigenvalue weighted by Gasteiger charge is 2.45. The molecule has 4 heterocycles. The van der Waals surface area contributed by atoms with E-state index in [1.807, 2.05) is 0 Å². The van der Waals surface area contributed by atoms with E-state index in [0.29, 0.717) is 10.9 Å². The second-order valence-electron chi connectivity index (χ2n) is 11.7. The van der Waals surface area contributed by atoms with E-state index in [2.05, 4.69) is 15.3 Å². The van der Waals surface area contributed by atoms with Crippen molar-refractivity contribution in [3.63, 3.8) is 0 Å². The number of halogens is 5. The summed E-state index contributed by atoms with van der Waals surface area (Å²) in [5, 5.41) is 13.2. The molecular weight excluding hydrogens is 655 g/mol. The van der Waals surface area contributed by atoms with Crippen LogP contribution in [0.15, 0.2) is 64.4 Å². The van der Waals surface area contributed by atoms with Crippen LogP contribution < -0.4 is 21.5 Å². The Hall–Kier alpha value is -5.22. The number of nitrogens with zero attached hydrogens (tertiary/aromatic N) is 5. The Labute approximate surface area is 274 Å². The minimum Gasteiger partial charge on any atom is -0.394 e. The summed E-state index contributed by atoms with van der Waals surface area (Å²) in [6.45, 7) is 0.123. The molecule has 2 aromatic carbocycles. The van der Waals surface area contributed by atoms with Gasteiger partial charge in [-0.05, 0) is 48.7 Å². The van der Waals surface area contributed by atoms with Crippen molar-refractivity contribution in [2.24, 2.45) is 7.05 Å². The zero-order valence-corrected chi connectivity index (χ0v) is 26.1. The molecule has 49 heavy (non-hydrogen) atoms. The van der Waals surface area contributed by atoms with Crippen LogP contribution in [0.4, 0.5) is 27.6 Å². The zero-order chi connectivity index (χ0) is 35.2. The molecule has 2 atom stereocenters. The van der Waals surface area contributed by atoms with Gasteiger partial charge in [0.1, 0.15) is 11.9 Å². The smallest absolute Gasteiger partial charge is 0.394 e. The molecule has 1 aliphatic rings. The number of amides is 1. The summed E-state index contributed by atoms with van der Waals surface area (Å²) in [6, 6.07) is 6.51. The first-order valence-corrected chi connectivity index (χ1v) is 15.1. The Bertz CT molecular complexity index is 2200. The van der Waals surface area contributed by atoms with Crippen molar-refractivity contribution in [2.75, 3.05) is 31.3 Å². The molecule has 11 nitrogen and oxygen atoms in total. The number of anilines is 1. The molecule has 6 rings (SSSR count). The van der Waals surface area contributed by atoms with Gasteiger partial charge in [-0.25, -0.2) is 18.7 Å². The van der Waals surface area contributed by atoms with E-state index in [9.17, 15) is 37.1 Å². The number of benzene rings is 2. The first kappa shape index (κ1) is 33.7. The number of alkyl halides is 3. The summed E-state index contributed by atoms with van der Waals surface area (Å²) in [5.41, 5.74) is -0.832. The predicted octanol–water partition coefficient (Wildman–Crippen LogP) is 3.32. The standard InChI is InChI=1S/C33H29F5N6O5/c1-17-10-20(43-8-9-49-16-26(43)33(36,37)38)12-23(34)28(17)30(46)41-19(15-45)11-18-5-6-24(29-21(18)4-3-7-39-29)44-31(47)22-13-27(35)40-14-25(22)42(2)32(44)48/h3-7,10,12-14,19,26,45H,8-9,11,15-16H2,1-2H3,(H,41,46)/t19-,26+/m0/s1. The molecule has 0 bridgehead atoms. The number of pyridine rings is 2. The minimum absolute atomic E-state index is 0.00597. The third kappa shape index (κ3) is 6.24. The van der Waals surface area contributed by atoms with Gasteiger partial charge < -0.3 is 20.1 Å². The van der Waals surface area contributed by atoms with Gasteiger partial charge in [0.05, 0.1) is 59.7 Å². The molecule has 1 fully saturated rings. The maximum absolute atomic E-state index is 15.4. The van der Waals surface area contributed by atoms with Crippen LogP contribution in [-0.2, 0) is 18.2 Å². The molecule has 0 radical (unpaired) electrons. The summed E-state index contributed by atoms with van der Waals surface area (Å²) in [6.07, 6.45) is -2.07. The quantitative estimate of drug-likeness (QED) is 0.197. The lowest BCUT2D eigenvalue weighted by molar-refractivity contribution is -0.167. The molecule has 0 spiro atoms. The number of aromatic nitrogens is 4. The third-order valence-electron chi connectivity index (χ3n) is 8.56. The minimum atomic E-state index is -4.62. The van der Waals surface area contributed by atoms with E-state index in [-0.39, 0.29) is 58.5 Å². The summed E-state index contributed by atoms with van der Waals surface area (Å²) in [5.74, 6) is -2.82. The monoisotopic (exact) mass is 684 g/mol. The van der Waals surface area contributed by atoms with Gasteiger partial charge >= 0.3 is 11.9 Å². The van der Waals surface area contributed by atoms with Gasteiger partial charge in [-0.2, -0.15) is 17.6 Å². The average molecular weight is 685 g/mol. The maximum Gasteiger partial charge on any atom is 0.411 e. The van der Waals surface area contributed by atoms with Crippen LogP contribution in [0, 0.1) is 18.7 Å². The Morgan fingerprint density at radius 3 is 2.61 bits per heavy atom. The molecular formula is C33H29F5N6O5. The number of aliphatic hydroxyl groups is 1. The normalized spacial score (nSPS) is 15.9. The van der Waals surface area contributed by atoms with Crippen LogP contribution in [0.3, 0.4) is 0 Å². The lowest BCUT2D eigenvalue weighted by Gasteiger charge is -2.38. The van der Waals surface area contributed by atoms with Crippen LogP contribution in [0.1, 0.15) is 21.5 Å². The lowest BCUT2D eigenvalue weighted by atomic mass is 9.99. The topological polar surface area (TPSA) is 132 Å². The molecule has 0 aliphatic carbocycles. The number of hydrogen-bond acceptors (Lipinski definition) is 8. The number of nitrogens with one attached hydrogen (secondary N) is 1. The van der Waals surface area contributed by atoms with E-state index in [1.165, 1.54) is 32.3 Å². The number of fused-ring (bicyclic) bond motifs is 2. The highest BCUT2D eigenvalue weighted by molar-refractivity contribution is 5.97. The summed E-state index contributed by atoms with van der Waals surface area (Å²) in [7, 11) is 1.42. The van der Waals surface area contributed by atoms with Crippen molar-refractivity contribution >= 4 is 33.4 Å². The van der Waals surface area contributed by atoms with Gasteiger partial charge in [-0.15, -0.1) is 0 Å². The summed E-state index contributed by atoms with van der Waals surface area (Å²) < 4.78 is 77.2. The summed E-state index contributed by atoms with van der Waals surface area (Å²) >= 11 is 0. The van der Waals surface area contributed by atoms with E-state index in [0.717, 1.165) is 32.4 Å². The largest absolute Gasteiger partial charge is 0.411 e. The number of aliphatic hydroxyl groups excluding tert-OH is 1. The SMILES string of the molecule is Cc1cc(N2CCOC[C@@H]2C(F)(F)F)cc(F)c1C(=O)N[C@H](CO)Cc1ccc(-n2c(=O)c3cc(F)ncc3n(C)c2=O)c2ncccc12. The molecule has 5 aromatic rings. The van der Waals surface area contributed by atoms with Crippen molar-refractivity contribution in [1.82, 2.24) is 24.4 Å². The first-order chi connectivity index (χ1) is 23.3. The molecule has 1 aliphatic heterocycles. The van der Waals surface area contributed by atoms with Gasteiger partial charge in [-0.1, -0.05) is 12.1 Å². The second-order valence-corrected chi connectivity index (χ2v) is 11.7. The number of hydrogen-bond donors (Lipinski definition) is 2. The zero-order valence-electron chi connectivity index (χ0n) is 26.1. The van der Waals surface area contributed by atoms with Crippen LogP contribution in [0.25, 0.3) is 27.5 Å². The fourth-order valence-electron chi connectivity index (χ4n) is 6.16. The number of ether oxygens (including phenoxy) is 1. The fraction of sp³-hybridized carbons (Fsp3) is 0.303. The molecule has 16 heteroatoms. The van der Waals surface area contributed by atoms with E-state index in [1.54, 1.807) is 18.2 Å². The lowest BCUT2D eigenvalue weighted by Crippen LogP contribution is -2.53. The molecule has 256 valence electrons. The highest BCUT2D eigenvalue weighted by atomic mass is 19.4. The average Bonchev–Trinajstić information content (AvgIpc) is 3.07. The van der Waals surface area contributed by atoms with Gasteiger partial charge in [-0.3, -0.25) is 19.1 Å². The number of carbonyl (C=O) groups excluding carboxylic acids is 1. The molecule has 3 aromatic heterocycles. The van der Waals surface area contributed by atoms with Crippen molar-refractivity contribution in [3.05, 3.63) is 104 Å². The second kappa shape index (κ2) is 13.0. The number of rotatable bonds is 7.